The van der Waals surface area contributed by atoms with Gasteiger partial charge in [-0.25, -0.2) is 0 Å². The van der Waals surface area contributed by atoms with Gasteiger partial charge in [0.1, 0.15) is 0 Å². The van der Waals surface area contributed by atoms with Crippen molar-refractivity contribution in [2.75, 3.05) is 65.7 Å². The summed E-state index contributed by atoms with van der Waals surface area (Å²) in [5.41, 5.74) is 0. The van der Waals surface area contributed by atoms with Gasteiger partial charge in [-0.3, -0.25) is 9.80 Å². The molecule has 0 fully saturated rings. The zero-order valence-corrected chi connectivity index (χ0v) is 16.9. The predicted molar refractivity (Wildman–Crippen MR) is 101 cm³/mol. The minimum atomic E-state index is -0.441. The lowest BCUT2D eigenvalue weighted by Crippen LogP contribution is -2.39. The maximum atomic E-state index is 9.47. The summed E-state index contributed by atoms with van der Waals surface area (Å²) in [7, 11) is 0. The third-order valence-electron chi connectivity index (χ3n) is 3.57. The van der Waals surface area contributed by atoms with Gasteiger partial charge in [0.05, 0.1) is 50.8 Å². The average Bonchev–Trinajstić information content (AvgIpc) is 2.47. The van der Waals surface area contributed by atoms with Crippen molar-refractivity contribution in [2.45, 2.75) is 52.1 Å². The Hall–Kier alpha value is -0.320. The van der Waals surface area contributed by atoms with E-state index in [0.29, 0.717) is 65.7 Å². The van der Waals surface area contributed by atoms with Crippen molar-refractivity contribution in [3.8, 4) is 0 Å². The molecule has 0 spiro atoms. The molecule has 0 aliphatic rings. The van der Waals surface area contributed by atoms with Crippen LogP contribution in [0.15, 0.2) is 0 Å². The largest absolute Gasteiger partial charge is 0.392 e. The number of ether oxygens (including phenoxy) is 2. The van der Waals surface area contributed by atoms with E-state index in [2.05, 4.69) is 0 Å². The lowest BCUT2D eigenvalue weighted by molar-refractivity contribution is 0.0132. The van der Waals surface area contributed by atoms with Gasteiger partial charge < -0.3 is 29.9 Å². The third kappa shape index (κ3) is 17.1. The van der Waals surface area contributed by atoms with Crippen LogP contribution < -0.4 is 0 Å². The molecule has 0 saturated carbocycles. The number of aliphatic hydroxyl groups is 4. The molecule has 0 aromatic heterocycles. The van der Waals surface area contributed by atoms with Crippen LogP contribution in [0.3, 0.4) is 0 Å². The monoisotopic (exact) mass is 380 g/mol. The van der Waals surface area contributed by atoms with Gasteiger partial charge in [-0.05, 0) is 27.7 Å². The fourth-order valence-electron chi connectivity index (χ4n) is 2.72. The van der Waals surface area contributed by atoms with Gasteiger partial charge in [0.25, 0.3) is 0 Å². The van der Waals surface area contributed by atoms with E-state index >= 15 is 0 Å². The Balaban J connectivity index is 3.77. The topological polar surface area (TPSA) is 106 Å². The highest BCUT2D eigenvalue weighted by Gasteiger charge is 2.12. The van der Waals surface area contributed by atoms with Gasteiger partial charge >= 0.3 is 0 Å². The minimum absolute atomic E-state index is 0.441. The van der Waals surface area contributed by atoms with Gasteiger partial charge in [0.2, 0.25) is 0 Å². The minimum Gasteiger partial charge on any atom is -0.392 e. The molecule has 0 heterocycles. The Labute approximate surface area is 158 Å². The summed E-state index contributed by atoms with van der Waals surface area (Å²) in [4.78, 5) is 3.94. The lowest BCUT2D eigenvalue weighted by atomic mass is 10.3. The molecule has 0 saturated heterocycles. The molecule has 158 valence electrons. The van der Waals surface area contributed by atoms with Crippen LogP contribution in [0.2, 0.25) is 0 Å². The first-order valence-corrected chi connectivity index (χ1v) is 9.53. The third-order valence-corrected chi connectivity index (χ3v) is 3.57. The standard InChI is InChI=1S/C18H40N2O6/c1-15(21)11-19(12-16(2)22)5-7-25-9-10-26-8-6-20(13-17(3)23)14-18(4)24/h15-18,21-24H,5-14H2,1-4H3. The maximum absolute atomic E-state index is 9.47. The zero-order chi connectivity index (χ0) is 19.9. The summed E-state index contributed by atoms with van der Waals surface area (Å²) in [5, 5.41) is 37.9. The maximum Gasteiger partial charge on any atom is 0.0701 e. The molecule has 0 amide bonds. The Morgan fingerprint density at radius 2 is 0.808 bits per heavy atom. The van der Waals surface area contributed by atoms with Gasteiger partial charge in [0, 0.05) is 39.3 Å². The van der Waals surface area contributed by atoms with Crippen LogP contribution in [-0.2, 0) is 9.47 Å². The first-order chi connectivity index (χ1) is 12.2. The summed E-state index contributed by atoms with van der Waals surface area (Å²) < 4.78 is 11.1. The summed E-state index contributed by atoms with van der Waals surface area (Å²) in [6.07, 6.45) is -1.77. The first-order valence-electron chi connectivity index (χ1n) is 9.53. The van der Waals surface area contributed by atoms with Gasteiger partial charge in [-0.1, -0.05) is 0 Å². The van der Waals surface area contributed by atoms with E-state index in [1.54, 1.807) is 27.7 Å². The molecular weight excluding hydrogens is 340 g/mol. The molecular formula is C18H40N2O6. The molecule has 0 rings (SSSR count). The van der Waals surface area contributed by atoms with E-state index in [0.717, 1.165) is 0 Å². The quantitative estimate of drug-likeness (QED) is 0.242. The highest BCUT2D eigenvalue weighted by atomic mass is 16.5. The molecule has 0 aliphatic heterocycles. The highest BCUT2D eigenvalue weighted by Crippen LogP contribution is 1.97. The second-order valence-electron chi connectivity index (χ2n) is 7.14. The average molecular weight is 381 g/mol. The van der Waals surface area contributed by atoms with Gasteiger partial charge in [-0.2, -0.15) is 0 Å². The molecule has 0 aromatic carbocycles. The Morgan fingerprint density at radius 1 is 0.538 bits per heavy atom. The van der Waals surface area contributed by atoms with E-state index in [-0.39, 0.29) is 0 Å². The predicted octanol–water partition coefficient (Wildman–Crippen LogP) is -0.853. The van der Waals surface area contributed by atoms with Crippen LogP contribution in [0.1, 0.15) is 27.7 Å². The number of rotatable bonds is 17. The number of hydrogen-bond donors (Lipinski definition) is 4. The molecule has 8 heteroatoms. The van der Waals surface area contributed by atoms with Crippen LogP contribution in [0.25, 0.3) is 0 Å². The Kier molecular flexibility index (Phi) is 15.5. The molecule has 4 atom stereocenters. The molecule has 4 N–H and O–H groups in total. The van der Waals surface area contributed by atoms with Gasteiger partial charge in [0.15, 0.2) is 0 Å². The Bertz CT molecular complexity index is 266. The second-order valence-corrected chi connectivity index (χ2v) is 7.14. The van der Waals surface area contributed by atoms with Gasteiger partial charge in [-0.15, -0.1) is 0 Å². The van der Waals surface area contributed by atoms with E-state index < -0.39 is 24.4 Å². The molecule has 8 nitrogen and oxygen atoms in total. The fraction of sp³-hybridized carbons (Fsp3) is 1.00. The van der Waals surface area contributed by atoms with Crippen LogP contribution in [-0.4, -0.2) is 120 Å². The Morgan fingerprint density at radius 3 is 1.04 bits per heavy atom. The molecule has 4 unspecified atom stereocenters. The zero-order valence-electron chi connectivity index (χ0n) is 16.9. The summed E-state index contributed by atoms with van der Waals surface area (Å²) in [6.45, 7) is 12.2. The molecule has 0 aliphatic carbocycles. The number of nitrogens with zero attached hydrogens (tertiary/aromatic N) is 2. The van der Waals surface area contributed by atoms with E-state index in [1.807, 2.05) is 9.80 Å². The molecule has 0 bridgehead atoms. The SMILES string of the molecule is CC(O)CN(CCOCCOCCN(CC(C)O)CC(C)O)CC(C)O. The van der Waals surface area contributed by atoms with Crippen molar-refractivity contribution >= 4 is 0 Å². The van der Waals surface area contributed by atoms with Crippen LogP contribution >= 0.6 is 0 Å². The van der Waals surface area contributed by atoms with E-state index in [4.69, 9.17) is 9.47 Å². The van der Waals surface area contributed by atoms with Crippen molar-refractivity contribution in [1.82, 2.24) is 9.80 Å². The van der Waals surface area contributed by atoms with Crippen molar-refractivity contribution in [3.63, 3.8) is 0 Å². The van der Waals surface area contributed by atoms with Crippen molar-refractivity contribution in [1.29, 1.82) is 0 Å². The summed E-state index contributed by atoms with van der Waals surface area (Å²) in [6, 6.07) is 0. The van der Waals surface area contributed by atoms with E-state index in [9.17, 15) is 20.4 Å². The smallest absolute Gasteiger partial charge is 0.0701 e. The summed E-state index contributed by atoms with van der Waals surface area (Å²) >= 11 is 0. The molecule has 0 radical (unpaired) electrons. The lowest BCUT2D eigenvalue weighted by Gasteiger charge is -2.25. The number of hydrogen-bond acceptors (Lipinski definition) is 8. The van der Waals surface area contributed by atoms with Crippen molar-refractivity contribution in [3.05, 3.63) is 0 Å². The number of aliphatic hydroxyl groups excluding tert-OH is 4. The second kappa shape index (κ2) is 15.7. The van der Waals surface area contributed by atoms with Crippen molar-refractivity contribution in [2.24, 2.45) is 0 Å². The fourth-order valence-corrected chi connectivity index (χ4v) is 2.72. The van der Waals surface area contributed by atoms with E-state index in [1.165, 1.54) is 0 Å². The highest BCUT2D eigenvalue weighted by molar-refractivity contribution is 4.65. The first kappa shape index (κ1) is 25.7. The van der Waals surface area contributed by atoms with Crippen LogP contribution in [0, 0.1) is 0 Å². The van der Waals surface area contributed by atoms with Crippen LogP contribution in [0.4, 0.5) is 0 Å². The van der Waals surface area contributed by atoms with Crippen molar-refractivity contribution < 1.29 is 29.9 Å². The molecule has 26 heavy (non-hydrogen) atoms. The summed E-state index contributed by atoms with van der Waals surface area (Å²) in [5.74, 6) is 0. The molecule has 0 aromatic rings. The normalized spacial score (nSPS) is 16.8. The van der Waals surface area contributed by atoms with Crippen LogP contribution in [0.5, 0.6) is 0 Å².